The fourth-order valence-electron chi connectivity index (χ4n) is 8.37. The molecule has 1 unspecified atom stereocenters. The van der Waals surface area contributed by atoms with Crippen LogP contribution in [0.2, 0.25) is 5.02 Å². The monoisotopic (exact) mass is 937 g/mol. The molecular formula is C50H52ClN11O6. The van der Waals surface area contributed by atoms with Gasteiger partial charge in [0.05, 0.1) is 36.4 Å². The number of hydrogen-bond donors (Lipinski definition) is 4. The first-order chi connectivity index (χ1) is 32.7. The number of carbonyl (C=O) groups excluding carboxylic acids is 5. The molecule has 1 saturated heterocycles. The summed E-state index contributed by atoms with van der Waals surface area (Å²) in [5, 5.41) is 13.1. The first-order valence-electron chi connectivity index (χ1n) is 22.0. The third kappa shape index (κ3) is 10.1. The van der Waals surface area contributed by atoms with E-state index in [9.17, 15) is 24.0 Å². The Hall–Kier alpha value is -7.76. The molecule has 17 nitrogen and oxygen atoms in total. The number of imide groups is 1. The van der Waals surface area contributed by atoms with Crippen LogP contribution >= 0.6 is 11.6 Å². The lowest BCUT2D eigenvalue weighted by Crippen LogP contribution is -2.52. The zero-order chi connectivity index (χ0) is 48.2. The van der Waals surface area contributed by atoms with E-state index in [0.717, 1.165) is 28.7 Å². The number of aryl methyl sites for hydroxylation is 1. The molecule has 4 heterocycles. The summed E-state index contributed by atoms with van der Waals surface area (Å²) in [5.41, 5.74) is 6.71. The summed E-state index contributed by atoms with van der Waals surface area (Å²) in [6, 6.07) is 24.2. The van der Waals surface area contributed by atoms with Crippen molar-refractivity contribution in [2.45, 2.75) is 32.0 Å². The van der Waals surface area contributed by atoms with Crippen LogP contribution in [0, 0.1) is 0 Å². The van der Waals surface area contributed by atoms with Crippen molar-refractivity contribution in [1.82, 2.24) is 35.0 Å². The van der Waals surface area contributed by atoms with Crippen LogP contribution in [0.4, 0.5) is 33.5 Å². The number of likely N-dealkylation sites (N-methyl/N-ethyl adjacent to an activating group) is 2. The highest BCUT2D eigenvalue weighted by Gasteiger charge is 2.39. The van der Waals surface area contributed by atoms with Crippen molar-refractivity contribution in [1.29, 1.82) is 0 Å². The largest absolute Gasteiger partial charge is 0.494 e. The summed E-state index contributed by atoms with van der Waals surface area (Å²) in [4.78, 5) is 82.3. The number of methoxy groups -OCH3 is 1. The average Bonchev–Trinajstić information content (AvgIpc) is 3.84. The fraction of sp³-hybridized carbons (Fsp3) is 0.260. The highest BCUT2D eigenvalue weighted by Crippen LogP contribution is 2.39. The van der Waals surface area contributed by atoms with E-state index in [1.54, 1.807) is 55.8 Å². The molecule has 0 radical (unpaired) electrons. The number of halogens is 1. The lowest BCUT2D eigenvalue weighted by atomic mass is 10.0. The van der Waals surface area contributed by atoms with Gasteiger partial charge in [0.1, 0.15) is 11.8 Å². The Balaban J connectivity index is 1.01. The second kappa shape index (κ2) is 20.0. The first kappa shape index (κ1) is 46.8. The molecule has 2 aliphatic rings. The van der Waals surface area contributed by atoms with Crippen LogP contribution < -0.4 is 35.8 Å². The number of anilines is 5. The Kier molecular flexibility index (Phi) is 13.8. The second-order valence-electron chi connectivity index (χ2n) is 17.0. The Morgan fingerprint density at radius 1 is 0.956 bits per heavy atom. The van der Waals surface area contributed by atoms with Gasteiger partial charge < -0.3 is 40.0 Å². The number of fused-ring (bicyclic) bond motifs is 2. The summed E-state index contributed by atoms with van der Waals surface area (Å²) >= 11 is 6.41. The number of carbonyl (C=O) groups is 5. The molecular weight excluding hydrogens is 886 g/mol. The molecule has 68 heavy (non-hydrogen) atoms. The molecule has 18 heteroatoms. The van der Waals surface area contributed by atoms with Crippen molar-refractivity contribution in [2.75, 3.05) is 68.3 Å². The van der Waals surface area contributed by atoms with E-state index in [2.05, 4.69) is 54.4 Å². The number of piperidine rings is 1. The Labute approximate surface area is 398 Å². The van der Waals surface area contributed by atoms with E-state index in [-0.39, 0.29) is 49.9 Å². The maximum absolute atomic E-state index is 14.3. The zero-order valence-electron chi connectivity index (χ0n) is 38.4. The maximum atomic E-state index is 14.3. The molecule has 4 N–H and O–H groups in total. The van der Waals surface area contributed by atoms with Gasteiger partial charge in [0.2, 0.25) is 17.8 Å². The fourth-order valence-corrected chi connectivity index (χ4v) is 8.55. The van der Waals surface area contributed by atoms with Crippen LogP contribution in [0.3, 0.4) is 0 Å². The molecule has 350 valence electrons. The van der Waals surface area contributed by atoms with E-state index in [1.807, 2.05) is 69.6 Å². The average molecular weight is 938 g/mol. The molecule has 0 saturated carbocycles. The van der Waals surface area contributed by atoms with E-state index in [4.69, 9.17) is 21.3 Å². The predicted molar refractivity (Wildman–Crippen MR) is 263 cm³/mol. The normalized spacial score (nSPS) is 14.4. The zero-order valence-corrected chi connectivity index (χ0v) is 39.2. The smallest absolute Gasteiger partial charge is 0.322 e. The molecule has 4 aromatic carbocycles. The molecule has 2 aliphatic heterocycles. The minimum absolute atomic E-state index is 0.0723. The van der Waals surface area contributed by atoms with Crippen molar-refractivity contribution in [3.8, 4) is 17.0 Å². The number of ether oxygens (including phenoxy) is 1. The van der Waals surface area contributed by atoms with Crippen LogP contribution in [0.15, 0.2) is 109 Å². The van der Waals surface area contributed by atoms with Gasteiger partial charge in [-0.05, 0) is 74.1 Å². The van der Waals surface area contributed by atoms with Crippen molar-refractivity contribution >= 4 is 80.9 Å². The number of urea groups is 1. The summed E-state index contributed by atoms with van der Waals surface area (Å²) in [6.07, 6.45) is 4.12. The molecule has 6 amide bonds. The number of para-hydroxylation sites is 1. The summed E-state index contributed by atoms with van der Waals surface area (Å²) in [7, 11) is 9.44. The van der Waals surface area contributed by atoms with Gasteiger partial charge in [-0.15, -0.1) is 0 Å². The van der Waals surface area contributed by atoms with Gasteiger partial charge in [0, 0.05) is 103 Å². The third-order valence-electron chi connectivity index (χ3n) is 12.0. The topological polar surface area (TPSA) is 186 Å². The summed E-state index contributed by atoms with van der Waals surface area (Å²) in [5.74, 6) is -0.882. The molecule has 0 aliphatic carbocycles. The number of amides is 6. The van der Waals surface area contributed by atoms with Gasteiger partial charge in [-0.2, -0.15) is 0 Å². The number of nitrogens with one attached hydrogen (secondary N) is 4. The standard InChI is InChI=1S/C50H52ClN11O6/c1-30(27-61(34-11-9-10-33(51)23-34)50(67)53-26-31-14-15-35-32(22-31)28-62(48(35)66)42-16-17-45(63)57-47(42)65)46(64)54-39-24-40(44(68-6)25-43(39)59(4)21-20-58(2)3)56-49-52-19-18-38(55-49)37-29-60(5)41-13-8-7-12-36(37)41/h7-15,18-19,22-25,29,42H,1,16-17,20-21,26-28H2,2-6H3,(H,53,67)(H,54,64)(H,52,55,56)(H,57,63,65). The van der Waals surface area contributed by atoms with Crippen molar-refractivity contribution in [3.05, 3.63) is 131 Å². The molecule has 8 rings (SSSR count). The van der Waals surface area contributed by atoms with E-state index >= 15 is 0 Å². The molecule has 0 bridgehead atoms. The van der Waals surface area contributed by atoms with Gasteiger partial charge in [-0.25, -0.2) is 14.8 Å². The molecule has 1 fully saturated rings. The number of nitrogens with zero attached hydrogens (tertiary/aromatic N) is 7. The minimum Gasteiger partial charge on any atom is -0.494 e. The Bertz CT molecular complexity index is 2970. The third-order valence-corrected chi connectivity index (χ3v) is 12.2. The number of rotatable bonds is 16. The lowest BCUT2D eigenvalue weighted by Gasteiger charge is -2.29. The van der Waals surface area contributed by atoms with Crippen LogP contribution in [0.1, 0.15) is 34.3 Å². The predicted octanol–water partition coefficient (Wildman–Crippen LogP) is 6.71. The van der Waals surface area contributed by atoms with Crippen molar-refractivity contribution in [3.63, 3.8) is 0 Å². The van der Waals surface area contributed by atoms with Gasteiger partial charge in [-0.3, -0.25) is 29.4 Å². The molecule has 1 atom stereocenters. The SMILES string of the molecule is C=C(CN(C(=O)NCc1ccc2c(c1)CN(C1CCC(=O)NC1=O)C2=O)c1cccc(Cl)c1)C(=O)Nc1cc(Nc2nccc(-c3cn(C)c4ccccc34)n2)c(OC)cc1N(C)CCN(C)C. The van der Waals surface area contributed by atoms with Gasteiger partial charge >= 0.3 is 6.03 Å². The molecule has 0 spiro atoms. The number of benzene rings is 4. The van der Waals surface area contributed by atoms with Crippen LogP contribution in [0.25, 0.3) is 22.2 Å². The Morgan fingerprint density at radius 2 is 1.76 bits per heavy atom. The Morgan fingerprint density at radius 3 is 2.53 bits per heavy atom. The lowest BCUT2D eigenvalue weighted by molar-refractivity contribution is -0.137. The van der Waals surface area contributed by atoms with Crippen LogP contribution in [-0.2, 0) is 34.5 Å². The number of aromatic nitrogens is 3. The van der Waals surface area contributed by atoms with Crippen molar-refractivity contribution < 1.29 is 28.7 Å². The van der Waals surface area contributed by atoms with E-state index in [0.29, 0.717) is 62.7 Å². The van der Waals surface area contributed by atoms with E-state index < -0.39 is 23.9 Å². The molecule has 2 aromatic heterocycles. The molecule has 6 aromatic rings. The first-order valence-corrected chi connectivity index (χ1v) is 22.3. The van der Waals surface area contributed by atoms with E-state index in [1.165, 1.54) is 9.80 Å². The summed E-state index contributed by atoms with van der Waals surface area (Å²) in [6.45, 7) is 5.53. The highest BCUT2D eigenvalue weighted by molar-refractivity contribution is 6.31. The van der Waals surface area contributed by atoms with Gasteiger partial charge in [-0.1, -0.05) is 54.6 Å². The van der Waals surface area contributed by atoms with Crippen LogP contribution in [0.5, 0.6) is 5.75 Å². The second-order valence-corrected chi connectivity index (χ2v) is 17.5. The highest BCUT2D eigenvalue weighted by atomic mass is 35.5. The van der Waals surface area contributed by atoms with Gasteiger partial charge in [0.25, 0.3) is 11.8 Å². The number of hydrogen-bond acceptors (Lipinski definition) is 11. The quantitative estimate of drug-likeness (QED) is 0.0597. The van der Waals surface area contributed by atoms with Crippen LogP contribution in [-0.4, -0.2) is 108 Å². The van der Waals surface area contributed by atoms with Crippen molar-refractivity contribution in [2.24, 2.45) is 7.05 Å². The maximum Gasteiger partial charge on any atom is 0.322 e. The van der Waals surface area contributed by atoms with Gasteiger partial charge in [0.15, 0.2) is 0 Å². The minimum atomic E-state index is -0.745. The summed E-state index contributed by atoms with van der Waals surface area (Å²) < 4.78 is 7.94.